The summed E-state index contributed by atoms with van der Waals surface area (Å²) in [5.74, 6) is -0.822. The van der Waals surface area contributed by atoms with Gasteiger partial charge in [0, 0.05) is 24.6 Å². The predicted molar refractivity (Wildman–Crippen MR) is 99.8 cm³/mol. The molecule has 1 amide bonds. The van der Waals surface area contributed by atoms with Crippen molar-refractivity contribution >= 4 is 23.3 Å². The van der Waals surface area contributed by atoms with Crippen LogP contribution in [0.5, 0.6) is 5.75 Å². The second-order valence-corrected chi connectivity index (χ2v) is 6.78. The standard InChI is InChI=1S/C20H20N2O5/c1-12-7-8-16(10-17(12)22(25)26)21-11-15(9-18(21)23)20(24)27-19-13(2)5-4-6-14(19)3/h4-8,10,15H,9,11H2,1-3H3/t15-/m0/s1. The lowest BCUT2D eigenvalue weighted by Crippen LogP contribution is -2.27. The number of benzene rings is 2. The van der Waals surface area contributed by atoms with Crippen LogP contribution >= 0.6 is 0 Å². The van der Waals surface area contributed by atoms with Crippen molar-refractivity contribution in [1.29, 1.82) is 0 Å². The molecule has 2 aromatic carbocycles. The zero-order valence-electron chi connectivity index (χ0n) is 15.4. The number of esters is 1. The molecular formula is C20H20N2O5. The van der Waals surface area contributed by atoms with E-state index >= 15 is 0 Å². The molecule has 1 heterocycles. The van der Waals surface area contributed by atoms with Crippen LogP contribution in [0.4, 0.5) is 11.4 Å². The van der Waals surface area contributed by atoms with Gasteiger partial charge in [-0.05, 0) is 38.0 Å². The number of nitro groups is 1. The topological polar surface area (TPSA) is 89.8 Å². The normalized spacial score (nSPS) is 16.5. The highest BCUT2D eigenvalue weighted by Gasteiger charge is 2.37. The minimum Gasteiger partial charge on any atom is -0.426 e. The van der Waals surface area contributed by atoms with E-state index in [1.54, 1.807) is 19.1 Å². The monoisotopic (exact) mass is 368 g/mol. The molecule has 3 rings (SSSR count). The van der Waals surface area contributed by atoms with E-state index in [0.717, 1.165) is 11.1 Å². The summed E-state index contributed by atoms with van der Waals surface area (Å²) in [7, 11) is 0. The smallest absolute Gasteiger partial charge is 0.316 e. The molecule has 7 heteroatoms. The Hall–Kier alpha value is -3.22. The van der Waals surface area contributed by atoms with E-state index in [0.29, 0.717) is 17.0 Å². The third kappa shape index (κ3) is 3.67. The molecule has 0 N–H and O–H groups in total. The second-order valence-electron chi connectivity index (χ2n) is 6.78. The van der Waals surface area contributed by atoms with E-state index in [2.05, 4.69) is 0 Å². The zero-order valence-corrected chi connectivity index (χ0v) is 15.4. The number of carbonyl (C=O) groups excluding carboxylic acids is 2. The SMILES string of the molecule is Cc1ccc(N2C[C@@H](C(=O)Oc3c(C)cccc3C)CC2=O)cc1[N+](=O)[O-]. The molecule has 0 saturated carbocycles. The zero-order chi connectivity index (χ0) is 19.7. The van der Waals surface area contributed by atoms with Gasteiger partial charge in [-0.25, -0.2) is 0 Å². The maximum Gasteiger partial charge on any atom is 0.316 e. The van der Waals surface area contributed by atoms with Gasteiger partial charge in [0.2, 0.25) is 5.91 Å². The first-order chi connectivity index (χ1) is 12.8. The Morgan fingerprint density at radius 1 is 1.15 bits per heavy atom. The van der Waals surface area contributed by atoms with E-state index in [-0.39, 0.29) is 24.6 Å². The summed E-state index contributed by atoms with van der Waals surface area (Å²) in [6.07, 6.45) is 0.0193. The molecule has 7 nitrogen and oxygen atoms in total. The predicted octanol–water partition coefficient (Wildman–Crippen LogP) is 3.48. The van der Waals surface area contributed by atoms with Gasteiger partial charge in [0.1, 0.15) is 5.75 Å². The summed E-state index contributed by atoms with van der Waals surface area (Å²) in [4.78, 5) is 37.0. The van der Waals surface area contributed by atoms with Gasteiger partial charge < -0.3 is 9.64 Å². The van der Waals surface area contributed by atoms with Gasteiger partial charge in [-0.1, -0.05) is 24.3 Å². The summed E-state index contributed by atoms with van der Waals surface area (Å²) in [5.41, 5.74) is 2.57. The van der Waals surface area contributed by atoms with E-state index < -0.39 is 16.8 Å². The van der Waals surface area contributed by atoms with Gasteiger partial charge in [0.15, 0.2) is 0 Å². The highest BCUT2D eigenvalue weighted by molar-refractivity contribution is 6.00. The minimum atomic E-state index is -0.614. The maximum absolute atomic E-state index is 12.6. The summed E-state index contributed by atoms with van der Waals surface area (Å²) in [5, 5.41) is 11.1. The molecule has 1 saturated heterocycles. The average molecular weight is 368 g/mol. The lowest BCUT2D eigenvalue weighted by atomic mass is 10.1. The lowest BCUT2D eigenvalue weighted by Gasteiger charge is -2.17. The number of hydrogen-bond donors (Lipinski definition) is 0. The van der Waals surface area contributed by atoms with Gasteiger partial charge in [-0.2, -0.15) is 0 Å². The number of ether oxygens (including phenoxy) is 1. The number of aryl methyl sites for hydroxylation is 3. The molecule has 0 bridgehead atoms. The van der Waals surface area contributed by atoms with Gasteiger partial charge in [0.25, 0.3) is 5.69 Å². The fourth-order valence-corrected chi connectivity index (χ4v) is 3.22. The number of amides is 1. The molecule has 1 aliphatic heterocycles. The Morgan fingerprint density at radius 2 is 1.81 bits per heavy atom. The maximum atomic E-state index is 12.6. The quantitative estimate of drug-likeness (QED) is 0.357. The number of nitrogens with zero attached hydrogens (tertiary/aromatic N) is 2. The first-order valence-electron chi connectivity index (χ1n) is 8.61. The number of carbonyl (C=O) groups is 2. The molecule has 1 aliphatic rings. The summed E-state index contributed by atoms with van der Waals surface area (Å²) < 4.78 is 5.55. The third-order valence-electron chi connectivity index (χ3n) is 4.77. The van der Waals surface area contributed by atoms with E-state index in [9.17, 15) is 19.7 Å². The van der Waals surface area contributed by atoms with Crippen molar-refractivity contribution in [3.63, 3.8) is 0 Å². The van der Waals surface area contributed by atoms with Crippen LogP contribution in [-0.4, -0.2) is 23.3 Å². The van der Waals surface area contributed by atoms with Crippen molar-refractivity contribution in [2.75, 3.05) is 11.4 Å². The Bertz CT molecular complexity index is 918. The number of hydrogen-bond acceptors (Lipinski definition) is 5. The van der Waals surface area contributed by atoms with Crippen LogP contribution in [-0.2, 0) is 9.59 Å². The Kier molecular flexibility index (Phi) is 4.94. The molecule has 0 aliphatic carbocycles. The molecule has 2 aromatic rings. The molecule has 140 valence electrons. The van der Waals surface area contributed by atoms with Crippen LogP contribution in [0.3, 0.4) is 0 Å². The largest absolute Gasteiger partial charge is 0.426 e. The molecule has 1 fully saturated rings. The Labute approximate surface area is 156 Å². The van der Waals surface area contributed by atoms with Crippen molar-refractivity contribution in [3.8, 4) is 5.75 Å². The number of rotatable bonds is 4. The van der Waals surface area contributed by atoms with E-state index in [1.807, 2.05) is 32.0 Å². The van der Waals surface area contributed by atoms with Crippen molar-refractivity contribution in [2.24, 2.45) is 5.92 Å². The van der Waals surface area contributed by atoms with Crippen LogP contribution in [0.15, 0.2) is 36.4 Å². The number of nitro benzene ring substituents is 1. The highest BCUT2D eigenvalue weighted by atomic mass is 16.6. The fourth-order valence-electron chi connectivity index (χ4n) is 3.22. The van der Waals surface area contributed by atoms with Crippen molar-refractivity contribution in [3.05, 3.63) is 63.2 Å². The van der Waals surface area contributed by atoms with Gasteiger partial charge >= 0.3 is 5.97 Å². The van der Waals surface area contributed by atoms with Gasteiger partial charge in [-0.3, -0.25) is 19.7 Å². The fraction of sp³-hybridized carbons (Fsp3) is 0.300. The Balaban J connectivity index is 1.78. The third-order valence-corrected chi connectivity index (χ3v) is 4.77. The van der Waals surface area contributed by atoms with Gasteiger partial charge in [-0.15, -0.1) is 0 Å². The highest BCUT2D eigenvalue weighted by Crippen LogP contribution is 2.31. The van der Waals surface area contributed by atoms with Crippen molar-refractivity contribution in [1.82, 2.24) is 0 Å². The summed E-state index contributed by atoms with van der Waals surface area (Å²) in [6.45, 7) is 5.49. The molecule has 0 unspecified atom stereocenters. The van der Waals surface area contributed by atoms with Crippen molar-refractivity contribution < 1.29 is 19.2 Å². The molecule has 0 aromatic heterocycles. The van der Waals surface area contributed by atoms with Crippen LogP contribution in [0, 0.1) is 36.8 Å². The van der Waals surface area contributed by atoms with E-state index in [4.69, 9.17) is 4.74 Å². The first kappa shape index (κ1) is 18.6. The number of para-hydroxylation sites is 1. The van der Waals surface area contributed by atoms with Crippen LogP contribution < -0.4 is 9.64 Å². The minimum absolute atomic E-state index is 0.0193. The summed E-state index contributed by atoms with van der Waals surface area (Å²) >= 11 is 0. The second kappa shape index (κ2) is 7.19. The molecule has 0 spiro atoms. The molecular weight excluding hydrogens is 348 g/mol. The van der Waals surface area contributed by atoms with Crippen molar-refractivity contribution in [2.45, 2.75) is 27.2 Å². The number of anilines is 1. The average Bonchev–Trinajstić information content (AvgIpc) is 3.00. The van der Waals surface area contributed by atoms with E-state index in [1.165, 1.54) is 11.0 Å². The van der Waals surface area contributed by atoms with Gasteiger partial charge in [0.05, 0.1) is 16.5 Å². The molecule has 27 heavy (non-hydrogen) atoms. The Morgan fingerprint density at radius 3 is 2.44 bits per heavy atom. The first-order valence-corrected chi connectivity index (χ1v) is 8.61. The summed E-state index contributed by atoms with van der Waals surface area (Å²) in [6, 6.07) is 10.2. The van der Waals surface area contributed by atoms with Crippen LogP contribution in [0.1, 0.15) is 23.1 Å². The molecule has 1 atom stereocenters. The van der Waals surface area contributed by atoms with Crippen LogP contribution in [0.2, 0.25) is 0 Å². The lowest BCUT2D eigenvalue weighted by molar-refractivity contribution is -0.385. The van der Waals surface area contributed by atoms with Crippen LogP contribution in [0.25, 0.3) is 0 Å². The molecule has 0 radical (unpaired) electrons.